The predicted molar refractivity (Wildman–Crippen MR) is 44.1 cm³/mol. The molecule has 4 heteroatoms. The first kappa shape index (κ1) is 10.2. The van der Waals surface area contributed by atoms with E-state index in [9.17, 15) is 0 Å². The predicted octanol–water partition coefficient (Wildman–Crippen LogP) is 2.88. The van der Waals surface area contributed by atoms with Crippen molar-refractivity contribution >= 4 is 18.7 Å². The van der Waals surface area contributed by atoms with Gasteiger partial charge in [-0.15, -0.1) is 0 Å². The number of hydrogen-bond acceptors (Lipinski definition) is 2. The van der Waals surface area contributed by atoms with Crippen LogP contribution in [0.5, 0.6) is 0 Å². The lowest BCUT2D eigenvalue weighted by atomic mass is 10.5. The van der Waals surface area contributed by atoms with Crippen LogP contribution in [-0.2, 0) is 4.52 Å². The van der Waals surface area contributed by atoms with Crippen LogP contribution in [-0.4, -0.2) is 12.3 Å². The molecule has 10 heavy (non-hydrogen) atoms. The van der Waals surface area contributed by atoms with E-state index in [0.717, 1.165) is 0 Å². The van der Waals surface area contributed by atoms with Gasteiger partial charge < -0.3 is 4.52 Å². The van der Waals surface area contributed by atoms with Crippen LogP contribution < -0.4 is 0 Å². The van der Waals surface area contributed by atoms with Gasteiger partial charge in [0.15, 0.2) is 0 Å². The molecule has 0 aliphatic carbocycles. The molecule has 58 valence electrons. The number of halogens is 1. The number of nitriles is 1. The summed E-state index contributed by atoms with van der Waals surface area (Å²) in [5.74, 6) is 0. The maximum Gasteiger partial charge on any atom is 0.127 e. The van der Waals surface area contributed by atoms with E-state index in [1.807, 2.05) is 19.9 Å². The van der Waals surface area contributed by atoms with E-state index < -0.39 is 7.50 Å². The average Bonchev–Trinajstić information content (AvgIpc) is 1.88. The van der Waals surface area contributed by atoms with E-state index >= 15 is 0 Å². The van der Waals surface area contributed by atoms with Gasteiger partial charge in [-0.25, -0.2) is 0 Å². The summed E-state index contributed by atoms with van der Waals surface area (Å²) in [6.07, 6.45) is 0.429. The van der Waals surface area contributed by atoms with Gasteiger partial charge in [0.05, 0.1) is 19.1 Å². The van der Waals surface area contributed by atoms with Crippen LogP contribution >= 0.6 is 18.7 Å². The third-order valence-corrected chi connectivity index (χ3v) is 3.54. The molecule has 0 rings (SSSR count). The molecule has 0 aliphatic heterocycles. The van der Waals surface area contributed by atoms with Gasteiger partial charge in [-0.2, -0.15) is 5.26 Å². The molecule has 0 heterocycles. The first-order chi connectivity index (χ1) is 4.68. The second-order valence-corrected chi connectivity index (χ2v) is 4.94. The molecule has 0 spiro atoms. The molecule has 0 N–H and O–H groups in total. The van der Waals surface area contributed by atoms with E-state index in [1.54, 1.807) is 0 Å². The lowest BCUT2D eigenvalue weighted by Crippen LogP contribution is -1.93. The quantitative estimate of drug-likeness (QED) is 0.491. The lowest BCUT2D eigenvalue weighted by Gasteiger charge is -2.11. The first-order valence-electron chi connectivity index (χ1n) is 3.13. The average molecular weight is 180 g/mol. The molecule has 0 saturated heterocycles. The molecule has 0 aromatic rings. The van der Waals surface area contributed by atoms with Crippen molar-refractivity contribution in [3.63, 3.8) is 0 Å². The molecule has 2 nitrogen and oxygen atoms in total. The zero-order valence-corrected chi connectivity index (χ0v) is 7.82. The Balaban J connectivity index is 3.23. The monoisotopic (exact) mass is 179 g/mol. The molecule has 0 radical (unpaired) electrons. The summed E-state index contributed by atoms with van der Waals surface area (Å²) < 4.78 is 5.15. The molecule has 1 unspecified atom stereocenters. The Morgan fingerprint density at radius 3 is 2.70 bits per heavy atom. The normalized spacial score (nSPS) is 13.1. The molecule has 0 fully saturated rings. The van der Waals surface area contributed by atoms with Crippen molar-refractivity contribution in [3.8, 4) is 6.07 Å². The fourth-order valence-corrected chi connectivity index (χ4v) is 1.10. The van der Waals surface area contributed by atoms with Crippen LogP contribution in [0, 0.1) is 11.3 Å². The summed E-state index contributed by atoms with van der Waals surface area (Å²) in [5.41, 5.74) is 0.371. The van der Waals surface area contributed by atoms with Gasteiger partial charge in [-0.05, 0) is 0 Å². The molecule has 0 aromatic carbocycles. The summed E-state index contributed by atoms with van der Waals surface area (Å²) in [7, 11) is -0.830. The van der Waals surface area contributed by atoms with Gasteiger partial charge in [-0.1, -0.05) is 25.1 Å². The van der Waals surface area contributed by atoms with Gasteiger partial charge in [0.1, 0.15) is 7.50 Å². The van der Waals surface area contributed by atoms with Crippen LogP contribution in [0.25, 0.3) is 0 Å². The third-order valence-electron chi connectivity index (χ3n) is 0.834. The van der Waals surface area contributed by atoms with Crippen molar-refractivity contribution in [1.82, 2.24) is 0 Å². The van der Waals surface area contributed by atoms with E-state index in [4.69, 9.17) is 21.0 Å². The fourth-order valence-electron chi connectivity index (χ4n) is 0.328. The number of hydrogen-bond donors (Lipinski definition) is 0. The van der Waals surface area contributed by atoms with Gasteiger partial charge in [0, 0.05) is 5.66 Å². The van der Waals surface area contributed by atoms with Gasteiger partial charge in [0.2, 0.25) is 0 Å². The van der Waals surface area contributed by atoms with E-state index in [-0.39, 0.29) is 0 Å². The van der Waals surface area contributed by atoms with Gasteiger partial charge in [-0.3, -0.25) is 0 Å². The van der Waals surface area contributed by atoms with Crippen molar-refractivity contribution < 1.29 is 4.52 Å². The SMILES string of the molecule is CC(C)P(Cl)OCCC#N. The van der Waals surface area contributed by atoms with Crippen molar-refractivity contribution in [3.05, 3.63) is 0 Å². The smallest absolute Gasteiger partial charge is 0.127 e. The Morgan fingerprint density at radius 2 is 2.30 bits per heavy atom. The van der Waals surface area contributed by atoms with E-state index in [1.165, 1.54) is 0 Å². The van der Waals surface area contributed by atoms with Crippen LogP contribution in [0.15, 0.2) is 0 Å². The van der Waals surface area contributed by atoms with Gasteiger partial charge >= 0.3 is 0 Å². The topological polar surface area (TPSA) is 33.0 Å². The molecule has 1 atom stereocenters. The Bertz CT molecular complexity index is 123. The fraction of sp³-hybridized carbons (Fsp3) is 0.833. The largest absolute Gasteiger partial charge is 0.342 e. The summed E-state index contributed by atoms with van der Waals surface area (Å²) in [5, 5.41) is 8.15. The highest BCUT2D eigenvalue weighted by Crippen LogP contribution is 2.47. The highest BCUT2D eigenvalue weighted by molar-refractivity contribution is 7.80. The van der Waals surface area contributed by atoms with Crippen LogP contribution in [0.2, 0.25) is 0 Å². The zero-order valence-electron chi connectivity index (χ0n) is 6.17. The summed E-state index contributed by atoms with van der Waals surface area (Å²) in [6.45, 7) is 4.47. The van der Waals surface area contributed by atoms with Crippen LogP contribution in [0.1, 0.15) is 20.3 Å². The second-order valence-electron chi connectivity index (χ2n) is 2.11. The minimum Gasteiger partial charge on any atom is -0.342 e. The molecular formula is C6H11ClNOP. The Kier molecular flexibility index (Phi) is 6.02. The lowest BCUT2D eigenvalue weighted by molar-refractivity contribution is 0.366. The minimum absolute atomic E-state index is 0.371. The molecule has 0 amide bonds. The maximum atomic E-state index is 8.15. The first-order valence-corrected chi connectivity index (χ1v) is 5.36. The Hall–Kier alpha value is 0.170. The zero-order chi connectivity index (χ0) is 7.98. The van der Waals surface area contributed by atoms with Crippen LogP contribution in [0.4, 0.5) is 0 Å². The summed E-state index contributed by atoms with van der Waals surface area (Å²) in [4.78, 5) is 0. The molecule has 0 aromatic heterocycles. The van der Waals surface area contributed by atoms with E-state index in [0.29, 0.717) is 18.7 Å². The standard InChI is InChI=1S/C6H11ClNOP/c1-6(2)10(7)9-5-3-4-8/h6H,3,5H2,1-2H3. The van der Waals surface area contributed by atoms with Crippen molar-refractivity contribution in [2.75, 3.05) is 6.61 Å². The Labute approximate surface area is 67.8 Å². The Morgan fingerprint density at radius 1 is 1.70 bits per heavy atom. The highest BCUT2D eigenvalue weighted by Gasteiger charge is 2.08. The minimum atomic E-state index is -0.830. The highest BCUT2D eigenvalue weighted by atomic mass is 35.7. The van der Waals surface area contributed by atoms with Gasteiger partial charge in [0.25, 0.3) is 0 Å². The molecular weight excluding hydrogens is 168 g/mol. The van der Waals surface area contributed by atoms with Crippen LogP contribution in [0.3, 0.4) is 0 Å². The number of nitrogens with zero attached hydrogens (tertiary/aromatic N) is 1. The third kappa shape index (κ3) is 4.99. The van der Waals surface area contributed by atoms with Crippen molar-refractivity contribution in [2.45, 2.75) is 25.9 Å². The maximum absolute atomic E-state index is 8.15. The van der Waals surface area contributed by atoms with Crippen molar-refractivity contribution in [2.24, 2.45) is 0 Å². The van der Waals surface area contributed by atoms with Crippen molar-refractivity contribution in [1.29, 1.82) is 5.26 Å². The molecule has 0 bridgehead atoms. The molecule has 0 aliphatic rings. The second kappa shape index (κ2) is 5.92. The summed E-state index contributed by atoms with van der Waals surface area (Å²) >= 11 is 5.78. The van der Waals surface area contributed by atoms with E-state index in [2.05, 4.69) is 0 Å². The number of rotatable bonds is 4. The summed E-state index contributed by atoms with van der Waals surface area (Å²) in [6, 6.07) is 1.99. The molecule has 0 saturated carbocycles.